The Morgan fingerprint density at radius 2 is 1.08 bits per heavy atom. The Morgan fingerprint density at radius 3 is 1.88 bits per heavy atom. The smallest absolute Gasteiger partial charge is 0.161 e. The van der Waals surface area contributed by atoms with Crippen LogP contribution in [0.2, 0.25) is 0 Å². The molecule has 60 heavy (non-hydrogen) atoms. The molecule has 0 N–H and O–H groups in total. The fourth-order valence-corrected chi connectivity index (χ4v) is 9.43. The Morgan fingerprint density at radius 1 is 0.400 bits per heavy atom. The summed E-state index contributed by atoms with van der Waals surface area (Å²) < 4.78 is 7.02. The highest BCUT2D eigenvalue weighted by atomic mass is 16.5. The van der Waals surface area contributed by atoms with Crippen LogP contribution in [0.15, 0.2) is 207 Å². The number of benzene rings is 7. The van der Waals surface area contributed by atoms with E-state index in [1.54, 1.807) is 6.20 Å². The summed E-state index contributed by atoms with van der Waals surface area (Å²) in [4.78, 5) is 19.6. The number of nitrogens with zero attached hydrogens (tertiary/aromatic N) is 4. The molecule has 1 spiro atoms. The number of hydrogen-bond acceptors (Lipinski definition) is 5. The van der Waals surface area contributed by atoms with Crippen LogP contribution in [0.3, 0.4) is 0 Å². The number of para-hydroxylation sites is 1. The standard InChI is InChI=1S/C55H34N4O/c1-2-14-36(15-3-1)50-32-51(59-54(58-50)39-26-29-49(57-34-39)38-16-12-30-56-33-38)37-24-27-44-42-19-7-6-18-41(42)43-20-8-9-21-45(43)55(48(44)31-37)46-22-10-11-23-52(46)60-53-40-17-5-4-13-35(40)25-28-47(53)55/h1-34H. The van der Waals surface area contributed by atoms with Crippen molar-refractivity contribution in [2.45, 2.75) is 5.41 Å². The van der Waals surface area contributed by atoms with Gasteiger partial charge in [-0.05, 0) is 81.2 Å². The number of fused-ring (bicyclic) bond motifs is 13. The first-order valence-electron chi connectivity index (χ1n) is 20.2. The molecule has 3 aromatic heterocycles. The van der Waals surface area contributed by atoms with Gasteiger partial charge in [-0.25, -0.2) is 9.97 Å². The van der Waals surface area contributed by atoms with Gasteiger partial charge in [0, 0.05) is 57.4 Å². The molecule has 4 heterocycles. The normalized spacial score (nSPS) is 14.5. The van der Waals surface area contributed by atoms with Gasteiger partial charge in [0.2, 0.25) is 0 Å². The molecule has 1 atom stereocenters. The molecular weight excluding hydrogens is 733 g/mol. The lowest BCUT2D eigenvalue weighted by molar-refractivity contribution is 0.440. The quantitative estimate of drug-likeness (QED) is 0.178. The van der Waals surface area contributed by atoms with Gasteiger partial charge in [-0.15, -0.1) is 0 Å². The van der Waals surface area contributed by atoms with Gasteiger partial charge in [0.15, 0.2) is 5.82 Å². The van der Waals surface area contributed by atoms with E-state index in [0.29, 0.717) is 5.82 Å². The van der Waals surface area contributed by atoms with Crippen molar-refractivity contribution in [1.82, 2.24) is 19.9 Å². The second kappa shape index (κ2) is 13.5. The van der Waals surface area contributed by atoms with Crippen LogP contribution in [0.25, 0.3) is 78.2 Å². The highest BCUT2D eigenvalue weighted by molar-refractivity contribution is 5.98. The van der Waals surface area contributed by atoms with Crippen LogP contribution in [0.5, 0.6) is 11.5 Å². The summed E-state index contributed by atoms with van der Waals surface area (Å²) in [6, 6.07) is 66.7. The zero-order valence-corrected chi connectivity index (χ0v) is 32.3. The van der Waals surface area contributed by atoms with E-state index in [0.717, 1.165) is 83.9 Å². The lowest BCUT2D eigenvalue weighted by atomic mass is 9.61. The highest BCUT2D eigenvalue weighted by Crippen LogP contribution is 2.62. The second-order valence-corrected chi connectivity index (χ2v) is 15.4. The first-order chi connectivity index (χ1) is 29.7. The van der Waals surface area contributed by atoms with Crippen molar-refractivity contribution in [2.24, 2.45) is 0 Å². The summed E-state index contributed by atoms with van der Waals surface area (Å²) in [5, 5.41) is 2.21. The Hall–Kier alpha value is -8.02. The lowest BCUT2D eigenvalue weighted by Crippen LogP contribution is -2.35. The molecule has 2 aliphatic rings. The average Bonchev–Trinajstić information content (AvgIpc) is 3.43. The molecule has 1 aliphatic heterocycles. The van der Waals surface area contributed by atoms with Gasteiger partial charge in [-0.3, -0.25) is 9.97 Å². The predicted octanol–water partition coefficient (Wildman–Crippen LogP) is 13.2. The highest BCUT2D eigenvalue weighted by Gasteiger charge is 2.49. The molecule has 0 bridgehead atoms. The number of pyridine rings is 2. The third-order valence-electron chi connectivity index (χ3n) is 12.1. The third kappa shape index (κ3) is 5.19. The first-order valence-corrected chi connectivity index (χ1v) is 20.2. The van der Waals surface area contributed by atoms with Crippen LogP contribution in [0, 0.1) is 0 Å². The van der Waals surface area contributed by atoms with Crippen molar-refractivity contribution in [2.75, 3.05) is 0 Å². The van der Waals surface area contributed by atoms with E-state index < -0.39 is 5.41 Å². The van der Waals surface area contributed by atoms with E-state index in [4.69, 9.17) is 19.7 Å². The molecular formula is C55H34N4O. The summed E-state index contributed by atoms with van der Waals surface area (Å²) in [5.74, 6) is 2.32. The van der Waals surface area contributed by atoms with Crippen LogP contribution in [-0.4, -0.2) is 19.9 Å². The van der Waals surface area contributed by atoms with Gasteiger partial charge in [-0.2, -0.15) is 0 Å². The summed E-state index contributed by atoms with van der Waals surface area (Å²) in [7, 11) is 0. The van der Waals surface area contributed by atoms with Crippen molar-refractivity contribution in [3.05, 3.63) is 229 Å². The Labute approximate surface area is 347 Å². The van der Waals surface area contributed by atoms with E-state index in [2.05, 4.69) is 151 Å². The van der Waals surface area contributed by atoms with Gasteiger partial charge >= 0.3 is 0 Å². The van der Waals surface area contributed by atoms with Crippen molar-refractivity contribution in [1.29, 1.82) is 0 Å². The number of rotatable bonds is 4. The van der Waals surface area contributed by atoms with Gasteiger partial charge < -0.3 is 4.74 Å². The van der Waals surface area contributed by atoms with E-state index in [9.17, 15) is 0 Å². The molecule has 0 radical (unpaired) electrons. The number of hydrogen-bond donors (Lipinski definition) is 0. The first kappa shape index (κ1) is 34.1. The summed E-state index contributed by atoms with van der Waals surface area (Å²) >= 11 is 0. The molecule has 5 heteroatoms. The monoisotopic (exact) mass is 766 g/mol. The van der Waals surface area contributed by atoms with Crippen molar-refractivity contribution >= 4 is 10.8 Å². The molecule has 12 rings (SSSR count). The largest absolute Gasteiger partial charge is 0.456 e. The molecule has 1 unspecified atom stereocenters. The van der Waals surface area contributed by atoms with Gasteiger partial charge in [-0.1, -0.05) is 146 Å². The van der Waals surface area contributed by atoms with Gasteiger partial charge in [0.1, 0.15) is 11.5 Å². The van der Waals surface area contributed by atoms with E-state index >= 15 is 0 Å². The minimum atomic E-state index is -0.765. The minimum Gasteiger partial charge on any atom is -0.456 e. The third-order valence-corrected chi connectivity index (χ3v) is 12.1. The Balaban J connectivity index is 1.15. The molecule has 7 aromatic carbocycles. The van der Waals surface area contributed by atoms with Crippen LogP contribution >= 0.6 is 0 Å². The fourth-order valence-electron chi connectivity index (χ4n) is 9.43. The lowest BCUT2D eigenvalue weighted by Gasteiger charge is -2.43. The number of ether oxygens (including phenoxy) is 1. The maximum Gasteiger partial charge on any atom is 0.161 e. The summed E-state index contributed by atoms with van der Waals surface area (Å²) in [6.07, 6.45) is 5.45. The molecule has 0 saturated heterocycles. The molecule has 280 valence electrons. The molecule has 10 aromatic rings. The van der Waals surface area contributed by atoms with E-state index in [-0.39, 0.29) is 0 Å². The maximum absolute atomic E-state index is 7.02. The average molecular weight is 767 g/mol. The van der Waals surface area contributed by atoms with Crippen LogP contribution in [-0.2, 0) is 5.41 Å². The van der Waals surface area contributed by atoms with E-state index in [1.807, 2.05) is 54.9 Å². The maximum atomic E-state index is 7.02. The van der Waals surface area contributed by atoms with Gasteiger partial charge in [0.05, 0.1) is 22.5 Å². The Kier molecular flexibility index (Phi) is 7.69. The SMILES string of the molecule is c1ccc(-c2cc(-c3ccc4c(c3)C3(c5ccccc5Oc5c3ccc3ccccc53)c3ccccc3-c3ccccc3-4)nc(-c3ccc(-c4cccnc4)nc3)n2)cc1. The topological polar surface area (TPSA) is 60.8 Å². The predicted molar refractivity (Wildman–Crippen MR) is 240 cm³/mol. The molecule has 0 saturated carbocycles. The van der Waals surface area contributed by atoms with Crippen molar-refractivity contribution < 1.29 is 4.74 Å². The molecule has 5 nitrogen and oxygen atoms in total. The zero-order chi connectivity index (χ0) is 39.6. The van der Waals surface area contributed by atoms with Crippen molar-refractivity contribution in [3.63, 3.8) is 0 Å². The molecule has 0 fully saturated rings. The molecule has 0 amide bonds. The van der Waals surface area contributed by atoms with Crippen LogP contribution in [0.1, 0.15) is 22.3 Å². The van der Waals surface area contributed by atoms with Crippen molar-refractivity contribution in [3.8, 4) is 78.9 Å². The Bertz CT molecular complexity index is 3290. The summed E-state index contributed by atoms with van der Waals surface area (Å²) in [5.41, 5.74) is 14.8. The summed E-state index contributed by atoms with van der Waals surface area (Å²) in [6.45, 7) is 0. The van der Waals surface area contributed by atoms with Crippen LogP contribution < -0.4 is 4.74 Å². The van der Waals surface area contributed by atoms with E-state index in [1.165, 1.54) is 22.3 Å². The van der Waals surface area contributed by atoms with Gasteiger partial charge in [0.25, 0.3) is 0 Å². The minimum absolute atomic E-state index is 0.602. The number of aromatic nitrogens is 4. The van der Waals surface area contributed by atoms with Crippen LogP contribution in [0.4, 0.5) is 0 Å². The fraction of sp³-hybridized carbons (Fsp3) is 0.0182. The molecule has 1 aliphatic carbocycles. The zero-order valence-electron chi connectivity index (χ0n) is 32.3. The second-order valence-electron chi connectivity index (χ2n) is 15.4.